The maximum atomic E-state index is 8.18. The number of hydrogen-bond donors (Lipinski definition) is 1. The molecule has 2 aromatic carbocycles. The van der Waals surface area contributed by atoms with Crippen LogP contribution in [-0.2, 0) is 0 Å². The van der Waals surface area contributed by atoms with Crippen molar-refractivity contribution in [1.29, 1.82) is 5.41 Å². The van der Waals surface area contributed by atoms with Gasteiger partial charge in [0.1, 0.15) is 11.5 Å². The van der Waals surface area contributed by atoms with Gasteiger partial charge in [0.15, 0.2) is 5.76 Å². The zero-order valence-corrected chi connectivity index (χ0v) is 10.1. The molecule has 0 spiro atoms. The molecule has 3 rings (SSSR count). The van der Waals surface area contributed by atoms with Crippen molar-refractivity contribution in [3.05, 3.63) is 71.5 Å². The zero-order valence-electron chi connectivity index (χ0n) is 10.1. The molecule has 0 aromatic heterocycles. The fourth-order valence-electron chi connectivity index (χ4n) is 2.13. The Balaban J connectivity index is 2.09. The van der Waals surface area contributed by atoms with Gasteiger partial charge in [-0.2, -0.15) is 0 Å². The van der Waals surface area contributed by atoms with Gasteiger partial charge in [0.2, 0.25) is 0 Å². The average Bonchev–Trinajstić information content (AvgIpc) is 2.77. The van der Waals surface area contributed by atoms with Gasteiger partial charge in [0.05, 0.1) is 0 Å². The maximum Gasteiger partial charge on any atom is 0.156 e. The van der Waals surface area contributed by atoms with Crippen molar-refractivity contribution in [3.63, 3.8) is 0 Å². The van der Waals surface area contributed by atoms with E-state index in [0.29, 0.717) is 11.5 Å². The van der Waals surface area contributed by atoms with E-state index < -0.39 is 0 Å². The minimum atomic E-state index is 0.465. The Morgan fingerprint density at radius 2 is 1.61 bits per heavy atom. The molecule has 2 aromatic rings. The summed E-state index contributed by atoms with van der Waals surface area (Å²) in [4.78, 5) is 0. The fourth-order valence-corrected chi connectivity index (χ4v) is 2.13. The van der Waals surface area contributed by atoms with E-state index in [1.54, 1.807) is 0 Å². The van der Waals surface area contributed by atoms with E-state index in [0.717, 1.165) is 22.4 Å². The molecule has 0 saturated carbocycles. The first-order valence-corrected chi connectivity index (χ1v) is 5.90. The third-order valence-electron chi connectivity index (χ3n) is 3.14. The molecule has 0 saturated heterocycles. The van der Waals surface area contributed by atoms with Crippen molar-refractivity contribution in [1.82, 2.24) is 0 Å². The lowest BCUT2D eigenvalue weighted by Crippen LogP contribution is -2.01. The summed E-state index contributed by atoms with van der Waals surface area (Å²) in [5.74, 6) is 1.43. The molecule has 18 heavy (non-hydrogen) atoms. The molecule has 88 valence electrons. The summed E-state index contributed by atoms with van der Waals surface area (Å²) in [7, 11) is 0. The molecule has 0 fully saturated rings. The fraction of sp³-hybridized carbons (Fsp3) is 0.0625. The molecule has 1 aliphatic heterocycles. The normalized spacial score (nSPS) is 16.2. The Morgan fingerprint density at radius 1 is 0.944 bits per heavy atom. The summed E-state index contributed by atoms with van der Waals surface area (Å²) >= 11 is 0. The van der Waals surface area contributed by atoms with E-state index >= 15 is 0 Å². The highest BCUT2D eigenvalue weighted by atomic mass is 16.5. The second kappa shape index (κ2) is 4.15. The molecule has 0 radical (unpaired) electrons. The summed E-state index contributed by atoms with van der Waals surface area (Å²) in [5, 5.41) is 8.18. The van der Waals surface area contributed by atoms with Gasteiger partial charge in [-0.3, -0.25) is 5.41 Å². The summed E-state index contributed by atoms with van der Waals surface area (Å²) < 4.78 is 5.79. The van der Waals surface area contributed by atoms with Crippen LogP contribution in [0.25, 0.3) is 5.57 Å². The van der Waals surface area contributed by atoms with E-state index in [2.05, 4.69) is 0 Å². The standard InChI is InChI=1S/C16H13NO/c1-11(12-7-3-2-4-8-12)16-15(17)13-9-5-6-10-14(13)18-16/h2-10,17H,1H3/b16-11-,17-15?. The largest absolute Gasteiger partial charge is 0.454 e. The molecule has 0 unspecified atom stereocenters. The molecule has 0 aliphatic carbocycles. The second-order valence-electron chi connectivity index (χ2n) is 4.29. The van der Waals surface area contributed by atoms with Crippen LogP contribution >= 0.6 is 0 Å². The highest BCUT2D eigenvalue weighted by Gasteiger charge is 2.25. The zero-order chi connectivity index (χ0) is 12.5. The topological polar surface area (TPSA) is 33.1 Å². The number of nitrogens with one attached hydrogen (secondary N) is 1. The quantitative estimate of drug-likeness (QED) is 0.799. The van der Waals surface area contributed by atoms with Crippen molar-refractivity contribution < 1.29 is 4.74 Å². The lowest BCUT2D eigenvalue weighted by molar-refractivity contribution is 0.470. The van der Waals surface area contributed by atoms with Gasteiger partial charge in [-0.1, -0.05) is 42.5 Å². The number of fused-ring (bicyclic) bond motifs is 1. The predicted molar refractivity (Wildman–Crippen MR) is 72.9 cm³/mol. The lowest BCUT2D eigenvalue weighted by atomic mass is 10.0. The third-order valence-corrected chi connectivity index (χ3v) is 3.14. The monoisotopic (exact) mass is 235 g/mol. The van der Waals surface area contributed by atoms with E-state index in [1.165, 1.54) is 0 Å². The van der Waals surface area contributed by atoms with E-state index in [9.17, 15) is 0 Å². The Bertz CT molecular complexity index is 641. The Kier molecular flexibility index (Phi) is 2.49. The molecular formula is C16H13NO. The van der Waals surface area contributed by atoms with Gasteiger partial charge >= 0.3 is 0 Å². The van der Waals surface area contributed by atoms with Crippen LogP contribution in [0.5, 0.6) is 5.75 Å². The molecule has 1 N–H and O–H groups in total. The first-order valence-electron chi connectivity index (χ1n) is 5.90. The summed E-state index contributed by atoms with van der Waals surface area (Å²) in [6, 6.07) is 17.7. The average molecular weight is 235 g/mol. The first-order chi connectivity index (χ1) is 8.77. The number of hydrogen-bond acceptors (Lipinski definition) is 2. The number of rotatable bonds is 1. The van der Waals surface area contributed by atoms with Gasteiger partial charge in [-0.25, -0.2) is 0 Å². The van der Waals surface area contributed by atoms with E-state index in [-0.39, 0.29) is 0 Å². The van der Waals surface area contributed by atoms with Crippen LogP contribution < -0.4 is 4.74 Å². The van der Waals surface area contributed by atoms with Gasteiger partial charge in [-0.05, 0) is 24.6 Å². The van der Waals surface area contributed by atoms with Crippen LogP contribution in [0.3, 0.4) is 0 Å². The highest BCUT2D eigenvalue weighted by molar-refractivity contribution is 6.17. The molecular weight excluding hydrogens is 222 g/mol. The van der Waals surface area contributed by atoms with Crippen LogP contribution in [0.4, 0.5) is 0 Å². The Morgan fingerprint density at radius 3 is 2.33 bits per heavy atom. The van der Waals surface area contributed by atoms with Crippen molar-refractivity contribution >= 4 is 11.3 Å². The van der Waals surface area contributed by atoms with Crippen molar-refractivity contribution in [3.8, 4) is 5.75 Å². The van der Waals surface area contributed by atoms with Crippen molar-refractivity contribution in [2.24, 2.45) is 0 Å². The number of para-hydroxylation sites is 1. The summed E-state index contributed by atoms with van der Waals surface area (Å²) in [6.07, 6.45) is 0. The van der Waals surface area contributed by atoms with E-state index in [1.807, 2.05) is 61.5 Å². The molecule has 1 heterocycles. The van der Waals surface area contributed by atoms with Gasteiger partial charge in [-0.15, -0.1) is 0 Å². The predicted octanol–water partition coefficient (Wildman–Crippen LogP) is 3.88. The molecule has 2 heteroatoms. The van der Waals surface area contributed by atoms with Crippen LogP contribution in [0.1, 0.15) is 18.1 Å². The number of benzene rings is 2. The molecule has 2 nitrogen and oxygen atoms in total. The van der Waals surface area contributed by atoms with Gasteiger partial charge in [0, 0.05) is 11.1 Å². The van der Waals surface area contributed by atoms with Crippen molar-refractivity contribution in [2.45, 2.75) is 6.92 Å². The van der Waals surface area contributed by atoms with Crippen LogP contribution in [-0.4, -0.2) is 5.71 Å². The summed E-state index contributed by atoms with van der Waals surface area (Å²) in [6.45, 7) is 1.99. The Hall–Kier alpha value is -2.35. The highest BCUT2D eigenvalue weighted by Crippen LogP contribution is 2.34. The molecule has 0 amide bonds. The third kappa shape index (κ3) is 1.63. The first kappa shape index (κ1) is 10.8. The minimum Gasteiger partial charge on any atom is -0.454 e. The molecule has 0 bridgehead atoms. The SMILES string of the molecule is C/C(=C1/Oc2ccccc2C1=N)c1ccccc1. The van der Waals surface area contributed by atoms with Crippen LogP contribution in [0.2, 0.25) is 0 Å². The number of allylic oxidation sites excluding steroid dienone is 2. The van der Waals surface area contributed by atoms with Gasteiger partial charge < -0.3 is 4.74 Å². The summed E-state index contributed by atoms with van der Waals surface area (Å²) in [5.41, 5.74) is 3.41. The Labute approximate surface area is 106 Å². The minimum absolute atomic E-state index is 0.465. The molecule has 0 atom stereocenters. The van der Waals surface area contributed by atoms with Gasteiger partial charge in [0.25, 0.3) is 0 Å². The van der Waals surface area contributed by atoms with Crippen LogP contribution in [0, 0.1) is 5.41 Å². The van der Waals surface area contributed by atoms with Crippen LogP contribution in [0.15, 0.2) is 60.4 Å². The van der Waals surface area contributed by atoms with E-state index in [4.69, 9.17) is 10.1 Å². The molecule has 1 aliphatic rings. The maximum absolute atomic E-state index is 8.18. The second-order valence-corrected chi connectivity index (χ2v) is 4.29. The van der Waals surface area contributed by atoms with Crippen molar-refractivity contribution in [2.75, 3.05) is 0 Å². The lowest BCUT2D eigenvalue weighted by Gasteiger charge is -2.06. The smallest absolute Gasteiger partial charge is 0.156 e. The number of ether oxygens (including phenoxy) is 1.